The number of carbonyl (C=O) groups is 3. The van der Waals surface area contributed by atoms with Crippen molar-refractivity contribution in [1.82, 2.24) is 15.2 Å². The van der Waals surface area contributed by atoms with E-state index in [9.17, 15) is 14.4 Å². The molecule has 0 aliphatic carbocycles. The minimum atomic E-state index is -0.632. The minimum absolute atomic E-state index is 0.274. The number of aromatic nitrogens is 1. The number of hydrogen-bond donors (Lipinski definition) is 1. The summed E-state index contributed by atoms with van der Waals surface area (Å²) in [5.41, 5.74) is 1.37. The third kappa shape index (κ3) is 3.67. The Hall–Kier alpha value is -2.94. The van der Waals surface area contributed by atoms with Crippen LogP contribution in [0.15, 0.2) is 24.3 Å². The number of hydrogen-bond acceptors (Lipinski definition) is 7. The fourth-order valence-electron chi connectivity index (χ4n) is 2.42. The van der Waals surface area contributed by atoms with E-state index in [0.29, 0.717) is 22.1 Å². The molecule has 1 aliphatic heterocycles. The van der Waals surface area contributed by atoms with Crippen molar-refractivity contribution < 1.29 is 23.9 Å². The van der Waals surface area contributed by atoms with Gasteiger partial charge in [0.15, 0.2) is 6.61 Å². The predicted octanol–water partition coefficient (Wildman–Crippen LogP) is 1.84. The van der Waals surface area contributed by atoms with Gasteiger partial charge in [-0.3, -0.25) is 9.69 Å². The Balaban J connectivity index is 1.67. The highest BCUT2D eigenvalue weighted by Gasteiger charge is 2.27. The van der Waals surface area contributed by atoms with E-state index < -0.39 is 24.5 Å². The van der Waals surface area contributed by atoms with Crippen molar-refractivity contribution in [3.8, 4) is 16.3 Å². The first kappa shape index (κ1) is 17.9. The highest BCUT2D eigenvalue weighted by molar-refractivity contribution is 7.17. The SMILES string of the molecule is COc1ccc(-c2nc(C)c(C(=O)OCC(=O)N3CCNC3=O)s2)cc1. The van der Waals surface area contributed by atoms with Crippen molar-refractivity contribution >= 4 is 29.2 Å². The Kier molecular flexibility index (Phi) is 5.17. The Bertz CT molecular complexity index is 847. The third-order valence-corrected chi connectivity index (χ3v) is 4.99. The number of imide groups is 1. The quantitative estimate of drug-likeness (QED) is 0.801. The third-order valence-electron chi connectivity index (χ3n) is 3.80. The lowest BCUT2D eigenvalue weighted by Gasteiger charge is -2.11. The number of methoxy groups -OCH3 is 1. The summed E-state index contributed by atoms with van der Waals surface area (Å²) < 4.78 is 10.2. The molecule has 1 aromatic heterocycles. The molecule has 1 N–H and O–H groups in total. The molecule has 0 unspecified atom stereocenters. The molecule has 3 rings (SSSR count). The second kappa shape index (κ2) is 7.52. The second-order valence-electron chi connectivity index (χ2n) is 5.52. The maximum Gasteiger partial charge on any atom is 0.350 e. The van der Waals surface area contributed by atoms with Crippen molar-refractivity contribution in [3.05, 3.63) is 34.8 Å². The van der Waals surface area contributed by atoms with Crippen LogP contribution in [0.5, 0.6) is 5.75 Å². The zero-order valence-electron chi connectivity index (χ0n) is 14.3. The van der Waals surface area contributed by atoms with Crippen LogP contribution in [0.3, 0.4) is 0 Å². The molecule has 1 fully saturated rings. The lowest BCUT2D eigenvalue weighted by Crippen LogP contribution is -2.37. The van der Waals surface area contributed by atoms with E-state index in [1.54, 1.807) is 14.0 Å². The molecule has 0 spiro atoms. The van der Waals surface area contributed by atoms with Gasteiger partial charge in [-0.05, 0) is 31.2 Å². The maximum absolute atomic E-state index is 12.3. The van der Waals surface area contributed by atoms with Gasteiger partial charge in [-0.15, -0.1) is 11.3 Å². The van der Waals surface area contributed by atoms with Crippen molar-refractivity contribution in [2.24, 2.45) is 0 Å². The molecule has 0 bridgehead atoms. The number of nitrogens with zero attached hydrogens (tertiary/aromatic N) is 2. The zero-order chi connectivity index (χ0) is 18.7. The van der Waals surface area contributed by atoms with Crippen LogP contribution < -0.4 is 10.1 Å². The molecule has 3 amide bonds. The molecule has 0 atom stereocenters. The van der Waals surface area contributed by atoms with Crippen LogP contribution in [0.4, 0.5) is 4.79 Å². The van der Waals surface area contributed by atoms with Crippen LogP contribution in [0.25, 0.3) is 10.6 Å². The summed E-state index contributed by atoms with van der Waals surface area (Å²) in [6.07, 6.45) is 0. The smallest absolute Gasteiger partial charge is 0.350 e. The molecule has 2 heterocycles. The van der Waals surface area contributed by atoms with Crippen molar-refractivity contribution in [1.29, 1.82) is 0 Å². The van der Waals surface area contributed by atoms with Gasteiger partial charge in [-0.1, -0.05) is 0 Å². The molecule has 0 radical (unpaired) electrons. The van der Waals surface area contributed by atoms with Crippen LogP contribution in [-0.2, 0) is 9.53 Å². The first-order valence-electron chi connectivity index (χ1n) is 7.86. The predicted molar refractivity (Wildman–Crippen MR) is 94.2 cm³/mol. The summed E-state index contributed by atoms with van der Waals surface area (Å²) in [6.45, 7) is 1.89. The first-order valence-corrected chi connectivity index (χ1v) is 8.68. The number of urea groups is 1. The number of nitrogens with one attached hydrogen (secondary N) is 1. The molecule has 136 valence electrons. The molecule has 2 aromatic rings. The molecular formula is C17H17N3O5S. The zero-order valence-corrected chi connectivity index (χ0v) is 15.1. The average molecular weight is 375 g/mol. The Morgan fingerprint density at radius 1 is 1.31 bits per heavy atom. The van der Waals surface area contributed by atoms with Gasteiger partial charge in [0.25, 0.3) is 5.91 Å². The number of aryl methyl sites for hydroxylation is 1. The Morgan fingerprint density at radius 3 is 2.65 bits per heavy atom. The fraction of sp³-hybridized carbons (Fsp3) is 0.294. The summed E-state index contributed by atoms with van der Waals surface area (Å²) in [5, 5.41) is 3.19. The summed E-state index contributed by atoms with van der Waals surface area (Å²) in [7, 11) is 1.59. The van der Waals surface area contributed by atoms with Gasteiger partial charge in [-0.2, -0.15) is 0 Å². The highest BCUT2D eigenvalue weighted by Crippen LogP contribution is 2.29. The van der Waals surface area contributed by atoms with Gasteiger partial charge >= 0.3 is 12.0 Å². The highest BCUT2D eigenvalue weighted by atomic mass is 32.1. The molecule has 1 saturated heterocycles. The number of ether oxygens (including phenoxy) is 2. The fourth-order valence-corrected chi connectivity index (χ4v) is 3.39. The minimum Gasteiger partial charge on any atom is -0.497 e. The molecule has 1 aliphatic rings. The average Bonchev–Trinajstić information content (AvgIpc) is 3.25. The van der Waals surface area contributed by atoms with E-state index >= 15 is 0 Å². The first-order chi connectivity index (χ1) is 12.5. The normalized spacial score (nSPS) is 13.5. The summed E-state index contributed by atoms with van der Waals surface area (Å²) in [6, 6.07) is 6.85. The summed E-state index contributed by atoms with van der Waals surface area (Å²) >= 11 is 1.19. The monoisotopic (exact) mass is 375 g/mol. The lowest BCUT2D eigenvalue weighted by molar-refractivity contribution is -0.130. The standard InChI is InChI=1S/C17H17N3O5S/c1-10-14(16(22)25-9-13(21)20-8-7-18-17(20)23)26-15(19-10)11-3-5-12(24-2)6-4-11/h3-6H,7-9H2,1-2H3,(H,18,23). The van der Waals surface area contributed by atoms with Gasteiger partial charge in [0.2, 0.25) is 0 Å². The number of benzene rings is 1. The van der Waals surface area contributed by atoms with Gasteiger partial charge in [0.1, 0.15) is 15.6 Å². The Morgan fingerprint density at radius 2 is 2.04 bits per heavy atom. The largest absolute Gasteiger partial charge is 0.497 e. The van der Waals surface area contributed by atoms with E-state index in [1.165, 1.54) is 11.3 Å². The molecule has 26 heavy (non-hydrogen) atoms. The molecule has 0 saturated carbocycles. The summed E-state index contributed by atoms with van der Waals surface area (Å²) in [5.74, 6) is -0.454. The summed E-state index contributed by atoms with van der Waals surface area (Å²) in [4.78, 5) is 41.4. The number of carbonyl (C=O) groups excluding carboxylic acids is 3. The number of esters is 1. The van der Waals surface area contributed by atoms with Crippen molar-refractivity contribution in [3.63, 3.8) is 0 Å². The Labute approximate surface area is 153 Å². The van der Waals surface area contributed by atoms with E-state index in [-0.39, 0.29) is 6.54 Å². The molecule has 8 nitrogen and oxygen atoms in total. The van der Waals surface area contributed by atoms with E-state index in [0.717, 1.165) is 16.2 Å². The topological polar surface area (TPSA) is 97.8 Å². The maximum atomic E-state index is 12.3. The van der Waals surface area contributed by atoms with Crippen LogP contribution in [0.2, 0.25) is 0 Å². The van der Waals surface area contributed by atoms with Crippen molar-refractivity contribution in [2.45, 2.75) is 6.92 Å². The van der Waals surface area contributed by atoms with Crippen LogP contribution in [0, 0.1) is 6.92 Å². The van der Waals surface area contributed by atoms with Crippen LogP contribution in [-0.4, -0.2) is 54.6 Å². The molecular weight excluding hydrogens is 358 g/mol. The lowest BCUT2D eigenvalue weighted by atomic mass is 10.2. The van der Waals surface area contributed by atoms with Gasteiger partial charge in [0, 0.05) is 18.7 Å². The number of amides is 3. The second-order valence-corrected chi connectivity index (χ2v) is 6.51. The number of rotatable bonds is 5. The molecule has 1 aromatic carbocycles. The van der Waals surface area contributed by atoms with Crippen LogP contribution in [0.1, 0.15) is 15.4 Å². The van der Waals surface area contributed by atoms with Gasteiger partial charge in [0.05, 0.1) is 12.8 Å². The van der Waals surface area contributed by atoms with Crippen molar-refractivity contribution in [2.75, 3.05) is 26.8 Å². The van der Waals surface area contributed by atoms with E-state index in [2.05, 4.69) is 10.3 Å². The van der Waals surface area contributed by atoms with E-state index in [1.807, 2.05) is 24.3 Å². The van der Waals surface area contributed by atoms with Gasteiger partial charge in [-0.25, -0.2) is 14.6 Å². The molecule has 9 heteroatoms. The number of thiazole rings is 1. The van der Waals surface area contributed by atoms with Crippen LogP contribution >= 0.6 is 11.3 Å². The van der Waals surface area contributed by atoms with E-state index in [4.69, 9.17) is 9.47 Å². The van der Waals surface area contributed by atoms with Gasteiger partial charge < -0.3 is 14.8 Å².